The molecule has 0 saturated carbocycles. The zero-order chi connectivity index (χ0) is 42.5. The van der Waals surface area contributed by atoms with E-state index in [9.17, 15) is 39.3 Å². The van der Waals surface area contributed by atoms with Crippen molar-refractivity contribution in [2.45, 2.75) is 202 Å². The lowest BCUT2D eigenvalue weighted by Gasteiger charge is -2.31. The maximum atomic E-state index is 13.7. The standard InChI is InChI=1S/C43H72O13/c1-11-14-36(52-31(7)44)21-27(3)22-41-29(5)40(49)23-35(48)16-13-12-15-26(2)17-19-37(53-32(8)45)24-39(55-34(10)47)25-38(54-33(9)46)20-18-28(4)42(50)30(6)43(51)56-41/h15,22,28-30,35-42,48-50H,11-14,16-21,23-25H2,1-10H3/b26-15-,27-22+/t28-,29+,30+,35-,36-,37+,38+,39+,40+,41-,42+/m1/s1. The summed E-state index contributed by atoms with van der Waals surface area (Å²) in [6, 6.07) is 0. The van der Waals surface area contributed by atoms with Gasteiger partial charge < -0.3 is 39.0 Å². The predicted molar refractivity (Wildman–Crippen MR) is 211 cm³/mol. The Balaban J connectivity index is 3.50. The van der Waals surface area contributed by atoms with Crippen LogP contribution in [0.1, 0.15) is 153 Å². The number of carbonyl (C=O) groups excluding carboxylic acids is 5. The van der Waals surface area contributed by atoms with E-state index in [0.717, 1.165) is 17.6 Å². The minimum atomic E-state index is -1.15. The Morgan fingerprint density at radius 3 is 1.95 bits per heavy atom. The smallest absolute Gasteiger partial charge is 0.311 e. The molecule has 322 valence electrons. The molecule has 0 aromatic heterocycles. The van der Waals surface area contributed by atoms with E-state index < -0.39 is 84.4 Å². The zero-order valence-electron chi connectivity index (χ0n) is 35.6. The highest BCUT2D eigenvalue weighted by atomic mass is 16.6. The highest BCUT2D eigenvalue weighted by molar-refractivity contribution is 5.73. The number of hydrogen-bond donors (Lipinski definition) is 3. The van der Waals surface area contributed by atoms with E-state index in [1.54, 1.807) is 26.8 Å². The van der Waals surface area contributed by atoms with E-state index in [2.05, 4.69) is 6.08 Å². The van der Waals surface area contributed by atoms with Gasteiger partial charge in [0.2, 0.25) is 0 Å². The summed E-state index contributed by atoms with van der Waals surface area (Å²) >= 11 is 0. The van der Waals surface area contributed by atoms with Crippen molar-refractivity contribution in [1.82, 2.24) is 0 Å². The number of ether oxygens (including phenoxy) is 5. The lowest BCUT2D eigenvalue weighted by atomic mass is 9.87. The molecule has 56 heavy (non-hydrogen) atoms. The molecule has 0 aromatic rings. The molecule has 13 heteroatoms. The maximum absolute atomic E-state index is 13.7. The van der Waals surface area contributed by atoms with Gasteiger partial charge in [-0.15, -0.1) is 0 Å². The summed E-state index contributed by atoms with van der Waals surface area (Å²) < 4.78 is 28.4. The van der Waals surface area contributed by atoms with Gasteiger partial charge in [0.05, 0.1) is 24.2 Å². The molecule has 0 bridgehead atoms. The van der Waals surface area contributed by atoms with E-state index in [1.165, 1.54) is 27.7 Å². The fourth-order valence-electron chi connectivity index (χ4n) is 7.21. The number of carbonyl (C=O) groups is 5. The monoisotopic (exact) mass is 796 g/mol. The average molecular weight is 797 g/mol. The molecule has 0 unspecified atom stereocenters. The molecular weight excluding hydrogens is 724 g/mol. The Hall–Kier alpha value is -3.29. The molecule has 1 aliphatic rings. The minimum Gasteiger partial charge on any atom is -0.462 e. The SMILES string of the molecule is CCC[C@H](C/C(C)=C/[C@H]1OC(=O)[C@@H](C)[C@@H](O)[C@H](C)CC[C@H](OC(C)=O)C[C@@H](OC(C)=O)C[C@@H](OC(C)=O)CC/C(C)=C\CCC[C@@H](O)C[C@H](O)[C@@H]1C)OC(C)=O. The summed E-state index contributed by atoms with van der Waals surface area (Å²) in [5.74, 6) is -4.66. The highest BCUT2D eigenvalue weighted by Crippen LogP contribution is 2.28. The fraction of sp³-hybridized carbons (Fsp3) is 0.791. The number of cyclic esters (lactones) is 1. The van der Waals surface area contributed by atoms with Crippen LogP contribution in [0.2, 0.25) is 0 Å². The van der Waals surface area contributed by atoms with Crippen molar-refractivity contribution in [1.29, 1.82) is 0 Å². The lowest BCUT2D eigenvalue weighted by molar-refractivity contribution is -0.160. The van der Waals surface area contributed by atoms with Crippen molar-refractivity contribution in [3.63, 3.8) is 0 Å². The molecule has 0 aliphatic carbocycles. The minimum absolute atomic E-state index is 0.0585. The fourth-order valence-corrected chi connectivity index (χ4v) is 7.21. The van der Waals surface area contributed by atoms with Crippen LogP contribution in [-0.4, -0.2) is 94.0 Å². The highest BCUT2D eigenvalue weighted by Gasteiger charge is 2.34. The third-order valence-electron chi connectivity index (χ3n) is 10.4. The van der Waals surface area contributed by atoms with Crippen LogP contribution in [0.25, 0.3) is 0 Å². The van der Waals surface area contributed by atoms with Crippen LogP contribution in [-0.2, 0) is 47.7 Å². The second-order valence-electron chi connectivity index (χ2n) is 16.0. The first-order valence-electron chi connectivity index (χ1n) is 20.5. The van der Waals surface area contributed by atoms with Crippen molar-refractivity contribution < 1.29 is 63.0 Å². The molecule has 0 spiro atoms. The van der Waals surface area contributed by atoms with Gasteiger partial charge >= 0.3 is 29.8 Å². The Morgan fingerprint density at radius 2 is 1.39 bits per heavy atom. The molecule has 1 aliphatic heterocycles. The molecular formula is C43H72O13. The quantitative estimate of drug-likeness (QED) is 0.128. The van der Waals surface area contributed by atoms with Gasteiger partial charge in [-0.2, -0.15) is 0 Å². The second-order valence-corrected chi connectivity index (χ2v) is 16.0. The van der Waals surface area contributed by atoms with Crippen molar-refractivity contribution in [3.05, 3.63) is 23.3 Å². The summed E-state index contributed by atoms with van der Waals surface area (Å²) in [7, 11) is 0. The van der Waals surface area contributed by atoms with Crippen molar-refractivity contribution in [2.75, 3.05) is 0 Å². The predicted octanol–water partition coefficient (Wildman–Crippen LogP) is 6.61. The Morgan fingerprint density at radius 1 is 0.821 bits per heavy atom. The molecule has 1 heterocycles. The first-order chi connectivity index (χ1) is 26.2. The van der Waals surface area contributed by atoms with Gasteiger partial charge in [0, 0.05) is 52.9 Å². The maximum Gasteiger partial charge on any atom is 0.311 e. The summed E-state index contributed by atoms with van der Waals surface area (Å²) in [5.41, 5.74) is 1.85. The van der Waals surface area contributed by atoms with Crippen LogP contribution >= 0.6 is 0 Å². The molecule has 0 fully saturated rings. The Bertz CT molecular complexity index is 1290. The molecule has 13 nitrogen and oxygen atoms in total. The summed E-state index contributed by atoms with van der Waals surface area (Å²) in [5, 5.41) is 33.6. The van der Waals surface area contributed by atoms with Crippen molar-refractivity contribution in [3.8, 4) is 0 Å². The van der Waals surface area contributed by atoms with Gasteiger partial charge in [0.25, 0.3) is 0 Å². The van der Waals surface area contributed by atoms with Crippen LogP contribution in [0.5, 0.6) is 0 Å². The number of rotatable bonds is 9. The number of aliphatic hydroxyl groups is 3. The Kier molecular flexibility index (Phi) is 24.1. The number of esters is 5. The first-order valence-corrected chi connectivity index (χ1v) is 20.5. The van der Waals surface area contributed by atoms with Crippen LogP contribution in [0, 0.1) is 17.8 Å². The van der Waals surface area contributed by atoms with Gasteiger partial charge in [0.15, 0.2) is 0 Å². The van der Waals surface area contributed by atoms with Gasteiger partial charge in [0.1, 0.15) is 30.5 Å². The Labute approximate surface area is 334 Å². The van der Waals surface area contributed by atoms with Crippen LogP contribution < -0.4 is 0 Å². The molecule has 3 N–H and O–H groups in total. The molecule has 0 radical (unpaired) electrons. The van der Waals surface area contributed by atoms with Gasteiger partial charge in [-0.3, -0.25) is 24.0 Å². The number of allylic oxidation sites excluding steroid dienone is 2. The second kappa shape index (κ2) is 26.6. The third kappa shape index (κ3) is 21.3. The topological polar surface area (TPSA) is 192 Å². The molecule has 0 aromatic carbocycles. The van der Waals surface area contributed by atoms with Gasteiger partial charge in [-0.1, -0.05) is 44.4 Å². The largest absolute Gasteiger partial charge is 0.462 e. The molecule has 0 saturated heterocycles. The van der Waals surface area contributed by atoms with Gasteiger partial charge in [-0.05, 0) is 90.6 Å². The molecule has 1 rings (SSSR count). The number of aliphatic hydroxyl groups excluding tert-OH is 3. The third-order valence-corrected chi connectivity index (χ3v) is 10.4. The van der Waals surface area contributed by atoms with Crippen LogP contribution in [0.4, 0.5) is 0 Å². The van der Waals surface area contributed by atoms with Crippen molar-refractivity contribution >= 4 is 29.8 Å². The van der Waals surface area contributed by atoms with E-state index in [-0.39, 0.29) is 37.8 Å². The zero-order valence-corrected chi connectivity index (χ0v) is 35.6. The van der Waals surface area contributed by atoms with E-state index in [0.29, 0.717) is 51.4 Å². The van der Waals surface area contributed by atoms with Crippen LogP contribution in [0.15, 0.2) is 23.3 Å². The molecule has 11 atom stereocenters. The average Bonchev–Trinajstić information content (AvgIpc) is 3.08. The lowest BCUT2D eigenvalue weighted by Crippen LogP contribution is -2.39. The summed E-state index contributed by atoms with van der Waals surface area (Å²) in [6.07, 6.45) is 3.25. The van der Waals surface area contributed by atoms with E-state index in [4.69, 9.17) is 23.7 Å². The number of hydrogen-bond acceptors (Lipinski definition) is 13. The van der Waals surface area contributed by atoms with Crippen LogP contribution in [0.3, 0.4) is 0 Å². The summed E-state index contributed by atoms with van der Waals surface area (Å²) in [6.45, 7) is 16.1. The molecule has 0 amide bonds. The normalized spacial score (nSPS) is 31.6. The first kappa shape index (κ1) is 50.7. The van der Waals surface area contributed by atoms with E-state index >= 15 is 0 Å². The van der Waals surface area contributed by atoms with Crippen molar-refractivity contribution in [2.24, 2.45) is 17.8 Å². The summed E-state index contributed by atoms with van der Waals surface area (Å²) in [4.78, 5) is 61.8. The van der Waals surface area contributed by atoms with Gasteiger partial charge in [-0.25, -0.2) is 0 Å². The van der Waals surface area contributed by atoms with E-state index in [1.807, 2.05) is 20.8 Å².